The number of anilines is 2. The lowest BCUT2D eigenvalue weighted by molar-refractivity contribution is -0.123. The summed E-state index contributed by atoms with van der Waals surface area (Å²) < 4.78 is 15.7. The Bertz CT molecular complexity index is 1130. The number of halogens is 2. The summed E-state index contributed by atoms with van der Waals surface area (Å²) in [5, 5.41) is 7.76. The Morgan fingerprint density at radius 3 is 2.88 bits per heavy atom. The fourth-order valence-corrected chi connectivity index (χ4v) is 4.76. The first-order chi connectivity index (χ1) is 15.5. The number of fused-ring (bicyclic) bond motifs is 1. The van der Waals surface area contributed by atoms with Gasteiger partial charge in [0.25, 0.3) is 0 Å². The van der Waals surface area contributed by atoms with Crippen LogP contribution in [0.3, 0.4) is 0 Å². The van der Waals surface area contributed by atoms with Gasteiger partial charge in [-0.1, -0.05) is 11.6 Å². The Morgan fingerprint density at radius 2 is 2.09 bits per heavy atom. The van der Waals surface area contributed by atoms with Crippen molar-refractivity contribution in [2.24, 2.45) is 13.0 Å². The van der Waals surface area contributed by atoms with E-state index in [1.165, 1.54) is 12.1 Å². The van der Waals surface area contributed by atoms with E-state index in [0.717, 1.165) is 49.1 Å². The minimum absolute atomic E-state index is 0.0177. The molecule has 0 spiro atoms. The van der Waals surface area contributed by atoms with E-state index in [1.54, 1.807) is 12.4 Å². The standard InChI is InChI=1S/C23H26ClFN6O/c1-30-8-6-19-21(30)26-13-27-22(19)31-7-2-3-17(12-31)29-23(32)20(14-4-5-14)28-18-10-15(24)9-16(25)11-18/h6,8-11,13-14,17,20,28H,2-5,7,12H2,1H3,(H,29,32)/t17-,20-/m1/s1. The number of piperidine rings is 1. The summed E-state index contributed by atoms with van der Waals surface area (Å²) in [7, 11) is 1.97. The highest BCUT2D eigenvalue weighted by Gasteiger charge is 2.37. The van der Waals surface area contributed by atoms with Crippen LogP contribution in [0.25, 0.3) is 11.0 Å². The summed E-state index contributed by atoms with van der Waals surface area (Å²) in [6, 6.07) is 5.93. The van der Waals surface area contributed by atoms with Crippen molar-refractivity contribution in [3.8, 4) is 0 Å². The largest absolute Gasteiger partial charge is 0.373 e. The van der Waals surface area contributed by atoms with E-state index in [1.807, 2.05) is 23.9 Å². The first-order valence-electron chi connectivity index (χ1n) is 11.0. The van der Waals surface area contributed by atoms with E-state index >= 15 is 0 Å². The molecule has 0 unspecified atom stereocenters. The van der Waals surface area contributed by atoms with Crippen LogP contribution in [-0.4, -0.2) is 45.6 Å². The van der Waals surface area contributed by atoms with Crippen molar-refractivity contribution >= 4 is 40.0 Å². The second-order valence-corrected chi connectivity index (χ2v) is 9.21. The van der Waals surface area contributed by atoms with Crippen LogP contribution < -0.4 is 15.5 Å². The molecule has 2 fully saturated rings. The Balaban J connectivity index is 1.28. The van der Waals surface area contributed by atoms with Crippen LogP contribution in [0.5, 0.6) is 0 Å². The van der Waals surface area contributed by atoms with Gasteiger partial charge in [-0.25, -0.2) is 14.4 Å². The maximum Gasteiger partial charge on any atom is 0.243 e. The molecule has 1 saturated heterocycles. The monoisotopic (exact) mass is 456 g/mol. The van der Waals surface area contributed by atoms with E-state index in [9.17, 15) is 9.18 Å². The molecule has 5 rings (SSSR count). The second kappa shape index (κ2) is 8.58. The highest BCUT2D eigenvalue weighted by molar-refractivity contribution is 6.30. The van der Waals surface area contributed by atoms with E-state index in [2.05, 4.69) is 25.5 Å². The van der Waals surface area contributed by atoms with Crippen molar-refractivity contribution in [1.82, 2.24) is 19.9 Å². The molecule has 1 aromatic carbocycles. The van der Waals surface area contributed by atoms with Crippen LogP contribution in [0.1, 0.15) is 25.7 Å². The minimum Gasteiger partial charge on any atom is -0.373 e. The van der Waals surface area contributed by atoms with E-state index in [-0.39, 0.29) is 17.9 Å². The van der Waals surface area contributed by atoms with Gasteiger partial charge in [0, 0.05) is 43.1 Å². The summed E-state index contributed by atoms with van der Waals surface area (Å²) >= 11 is 5.98. The van der Waals surface area contributed by atoms with Crippen molar-refractivity contribution < 1.29 is 9.18 Å². The third-order valence-corrected chi connectivity index (χ3v) is 6.49. The topological polar surface area (TPSA) is 75.1 Å². The highest BCUT2D eigenvalue weighted by Crippen LogP contribution is 2.35. The quantitative estimate of drug-likeness (QED) is 0.591. The molecule has 168 valence electrons. The van der Waals surface area contributed by atoms with E-state index < -0.39 is 11.9 Å². The Hall–Kier alpha value is -2.87. The minimum atomic E-state index is -0.421. The predicted octanol–water partition coefficient (Wildman–Crippen LogP) is 3.74. The number of nitrogens with one attached hydrogen (secondary N) is 2. The van der Waals surface area contributed by atoms with Crippen molar-refractivity contribution in [2.75, 3.05) is 23.3 Å². The van der Waals surface area contributed by atoms with Gasteiger partial charge in [0.15, 0.2) is 0 Å². The van der Waals surface area contributed by atoms with Crippen molar-refractivity contribution in [3.05, 3.63) is 47.6 Å². The van der Waals surface area contributed by atoms with Gasteiger partial charge < -0.3 is 20.1 Å². The van der Waals surface area contributed by atoms with Crippen LogP contribution in [-0.2, 0) is 11.8 Å². The molecule has 1 aliphatic heterocycles. The number of carbonyl (C=O) groups excluding carboxylic acids is 1. The van der Waals surface area contributed by atoms with Crippen LogP contribution in [0, 0.1) is 11.7 Å². The normalized spacial score (nSPS) is 19.7. The molecule has 2 aliphatic rings. The second-order valence-electron chi connectivity index (χ2n) is 8.77. The molecule has 0 radical (unpaired) electrons. The lowest BCUT2D eigenvalue weighted by atomic mass is 10.0. The molecule has 1 aliphatic carbocycles. The van der Waals surface area contributed by atoms with E-state index in [4.69, 9.17) is 11.6 Å². The maximum absolute atomic E-state index is 13.7. The highest BCUT2D eigenvalue weighted by atomic mass is 35.5. The number of aryl methyl sites for hydroxylation is 1. The molecule has 32 heavy (non-hydrogen) atoms. The lowest BCUT2D eigenvalue weighted by Crippen LogP contribution is -2.52. The van der Waals surface area contributed by atoms with Gasteiger partial charge in [-0.05, 0) is 55.9 Å². The summed E-state index contributed by atoms with van der Waals surface area (Å²) in [5.41, 5.74) is 1.42. The van der Waals surface area contributed by atoms with Crippen LogP contribution in [0.15, 0.2) is 36.8 Å². The number of aromatic nitrogens is 3. The summed E-state index contributed by atoms with van der Waals surface area (Å²) in [4.78, 5) is 24.3. The Morgan fingerprint density at radius 1 is 1.25 bits per heavy atom. The maximum atomic E-state index is 13.7. The summed E-state index contributed by atoms with van der Waals surface area (Å²) in [5.74, 6) is 0.686. The third kappa shape index (κ3) is 4.37. The third-order valence-electron chi connectivity index (χ3n) is 6.27. The zero-order chi connectivity index (χ0) is 22.2. The van der Waals surface area contributed by atoms with Crippen molar-refractivity contribution in [1.29, 1.82) is 0 Å². The molecule has 1 saturated carbocycles. The molecule has 0 bridgehead atoms. The van der Waals surface area contributed by atoms with Gasteiger partial charge in [-0.15, -0.1) is 0 Å². The molecule has 3 aromatic rings. The predicted molar refractivity (Wildman–Crippen MR) is 123 cm³/mol. The van der Waals surface area contributed by atoms with Crippen LogP contribution in [0.4, 0.5) is 15.9 Å². The number of carbonyl (C=O) groups is 1. The molecule has 3 heterocycles. The van der Waals surface area contributed by atoms with Gasteiger partial charge in [0.2, 0.25) is 5.91 Å². The summed E-state index contributed by atoms with van der Waals surface area (Å²) in [6.45, 7) is 1.58. The average Bonchev–Trinajstić information content (AvgIpc) is 3.53. The first-order valence-corrected chi connectivity index (χ1v) is 11.4. The van der Waals surface area contributed by atoms with Gasteiger partial charge in [-0.3, -0.25) is 4.79 Å². The molecule has 9 heteroatoms. The fraction of sp³-hybridized carbons (Fsp3) is 0.435. The molecule has 2 aromatic heterocycles. The zero-order valence-electron chi connectivity index (χ0n) is 17.9. The Labute approximate surface area is 191 Å². The zero-order valence-corrected chi connectivity index (χ0v) is 18.6. The van der Waals surface area contributed by atoms with Crippen molar-refractivity contribution in [3.63, 3.8) is 0 Å². The first kappa shape index (κ1) is 21.0. The number of hydrogen-bond donors (Lipinski definition) is 2. The summed E-state index contributed by atoms with van der Waals surface area (Å²) in [6.07, 6.45) is 7.42. The fourth-order valence-electron chi connectivity index (χ4n) is 4.54. The van der Waals surface area contributed by atoms with Gasteiger partial charge in [0.05, 0.1) is 5.39 Å². The number of benzene rings is 1. The smallest absolute Gasteiger partial charge is 0.243 e. The van der Waals surface area contributed by atoms with E-state index in [0.29, 0.717) is 17.3 Å². The van der Waals surface area contributed by atoms with Gasteiger partial charge in [0.1, 0.15) is 29.7 Å². The van der Waals surface area contributed by atoms with Gasteiger partial charge >= 0.3 is 0 Å². The molecular weight excluding hydrogens is 431 g/mol. The molecule has 2 atom stereocenters. The number of rotatable bonds is 6. The SMILES string of the molecule is Cn1ccc2c(N3CCC[C@@H](NC(=O)[C@H](Nc4cc(F)cc(Cl)c4)C4CC4)C3)ncnc21. The van der Waals surface area contributed by atoms with Crippen molar-refractivity contribution in [2.45, 2.75) is 37.8 Å². The average molecular weight is 457 g/mol. The number of nitrogens with zero attached hydrogens (tertiary/aromatic N) is 4. The molecule has 7 nitrogen and oxygen atoms in total. The molecular formula is C23H26ClFN6O. The molecule has 1 amide bonds. The number of amides is 1. The molecule has 2 N–H and O–H groups in total. The van der Waals surface area contributed by atoms with Crippen LogP contribution in [0.2, 0.25) is 5.02 Å². The Kier molecular flexibility index (Phi) is 5.63. The lowest BCUT2D eigenvalue weighted by Gasteiger charge is -2.35. The van der Waals surface area contributed by atoms with Crippen LogP contribution >= 0.6 is 11.6 Å². The van der Waals surface area contributed by atoms with Gasteiger partial charge in [-0.2, -0.15) is 0 Å². The number of hydrogen-bond acceptors (Lipinski definition) is 5.